The van der Waals surface area contributed by atoms with Crippen molar-refractivity contribution in [1.29, 1.82) is 0 Å². The Morgan fingerprint density at radius 2 is 1.86 bits per heavy atom. The van der Waals surface area contributed by atoms with Crippen LogP contribution in [0.5, 0.6) is 0 Å². The predicted molar refractivity (Wildman–Crippen MR) is 64.3 cm³/mol. The standard InChI is InChI=1S/C11H18N2S/c1-8-5-9(12)7-10(6-8)14-13-11(2,3)4/h5-7,13H,12H2,1-4H3. The number of hydrogen-bond acceptors (Lipinski definition) is 3. The predicted octanol–water partition coefficient (Wildman–Crippen LogP) is 2.97. The van der Waals surface area contributed by atoms with Gasteiger partial charge in [-0.15, -0.1) is 0 Å². The molecule has 0 unspecified atom stereocenters. The third-order valence-electron chi connectivity index (χ3n) is 1.55. The van der Waals surface area contributed by atoms with Crippen LogP contribution in [0, 0.1) is 6.92 Å². The van der Waals surface area contributed by atoms with E-state index < -0.39 is 0 Å². The van der Waals surface area contributed by atoms with Crippen molar-refractivity contribution in [3.8, 4) is 0 Å². The fourth-order valence-corrected chi connectivity index (χ4v) is 1.91. The Morgan fingerprint density at radius 1 is 1.21 bits per heavy atom. The van der Waals surface area contributed by atoms with Crippen molar-refractivity contribution in [1.82, 2.24) is 4.72 Å². The van der Waals surface area contributed by atoms with E-state index in [0.717, 1.165) is 10.6 Å². The average molecular weight is 210 g/mol. The van der Waals surface area contributed by atoms with Gasteiger partial charge in [-0.3, -0.25) is 4.72 Å². The fourth-order valence-electron chi connectivity index (χ4n) is 1.05. The molecule has 1 aromatic rings. The Balaban J connectivity index is 2.68. The summed E-state index contributed by atoms with van der Waals surface area (Å²) in [5.74, 6) is 0. The number of anilines is 1. The van der Waals surface area contributed by atoms with Gasteiger partial charge in [0.05, 0.1) is 0 Å². The van der Waals surface area contributed by atoms with E-state index >= 15 is 0 Å². The van der Waals surface area contributed by atoms with Gasteiger partial charge in [0, 0.05) is 16.1 Å². The molecule has 0 atom stereocenters. The topological polar surface area (TPSA) is 38.0 Å². The van der Waals surface area contributed by atoms with Crippen LogP contribution in [0.2, 0.25) is 0 Å². The van der Waals surface area contributed by atoms with Gasteiger partial charge in [0.1, 0.15) is 0 Å². The Labute approximate surface area is 90.4 Å². The van der Waals surface area contributed by atoms with Crippen LogP contribution in [0.3, 0.4) is 0 Å². The van der Waals surface area contributed by atoms with Gasteiger partial charge in [0.2, 0.25) is 0 Å². The smallest absolute Gasteiger partial charge is 0.0328 e. The molecule has 78 valence electrons. The molecule has 0 saturated carbocycles. The van der Waals surface area contributed by atoms with Crippen LogP contribution in [0.25, 0.3) is 0 Å². The van der Waals surface area contributed by atoms with Gasteiger partial charge in [0.25, 0.3) is 0 Å². The van der Waals surface area contributed by atoms with E-state index in [1.807, 2.05) is 12.1 Å². The lowest BCUT2D eigenvalue weighted by Crippen LogP contribution is -2.29. The summed E-state index contributed by atoms with van der Waals surface area (Å²) in [6.45, 7) is 8.47. The van der Waals surface area contributed by atoms with Gasteiger partial charge in [0.15, 0.2) is 0 Å². The second-order valence-electron chi connectivity index (χ2n) is 4.53. The van der Waals surface area contributed by atoms with Gasteiger partial charge in [-0.25, -0.2) is 0 Å². The van der Waals surface area contributed by atoms with Gasteiger partial charge in [-0.1, -0.05) is 0 Å². The number of nitrogens with two attached hydrogens (primary N) is 1. The molecule has 0 aromatic heterocycles. The summed E-state index contributed by atoms with van der Waals surface area (Å²) in [6, 6.07) is 6.08. The SMILES string of the molecule is Cc1cc(N)cc(SNC(C)(C)C)c1. The third-order valence-corrected chi connectivity index (χ3v) is 2.73. The maximum Gasteiger partial charge on any atom is 0.0328 e. The van der Waals surface area contributed by atoms with Crippen molar-refractivity contribution in [2.75, 3.05) is 5.73 Å². The van der Waals surface area contributed by atoms with Crippen LogP contribution in [-0.4, -0.2) is 5.54 Å². The molecular formula is C11H18N2S. The van der Waals surface area contributed by atoms with Crippen molar-refractivity contribution in [3.63, 3.8) is 0 Å². The first-order chi connectivity index (χ1) is 6.37. The molecule has 0 aliphatic heterocycles. The second kappa shape index (κ2) is 4.24. The number of nitrogens with one attached hydrogen (secondary N) is 1. The summed E-state index contributed by atoms with van der Waals surface area (Å²) >= 11 is 1.63. The highest BCUT2D eigenvalue weighted by Gasteiger charge is 2.09. The highest BCUT2D eigenvalue weighted by Crippen LogP contribution is 2.22. The maximum absolute atomic E-state index is 5.76. The van der Waals surface area contributed by atoms with E-state index in [9.17, 15) is 0 Å². The summed E-state index contributed by atoms with van der Waals surface area (Å²) in [4.78, 5) is 1.16. The Hall–Kier alpha value is -0.670. The molecular weight excluding hydrogens is 192 g/mol. The number of benzene rings is 1. The zero-order valence-corrected chi connectivity index (χ0v) is 10.0. The molecule has 3 N–H and O–H groups in total. The molecule has 14 heavy (non-hydrogen) atoms. The summed E-state index contributed by atoms with van der Waals surface area (Å²) in [5, 5.41) is 0. The quantitative estimate of drug-likeness (QED) is 0.582. The monoisotopic (exact) mass is 210 g/mol. The lowest BCUT2D eigenvalue weighted by atomic mass is 10.1. The first-order valence-electron chi connectivity index (χ1n) is 4.68. The second-order valence-corrected chi connectivity index (χ2v) is 5.41. The molecule has 0 aliphatic carbocycles. The van der Waals surface area contributed by atoms with Crippen LogP contribution in [0.15, 0.2) is 23.1 Å². The average Bonchev–Trinajstić information content (AvgIpc) is 1.97. The Kier molecular flexibility index (Phi) is 3.45. The van der Waals surface area contributed by atoms with E-state index in [0.29, 0.717) is 0 Å². The van der Waals surface area contributed by atoms with E-state index in [4.69, 9.17) is 5.73 Å². The van der Waals surface area contributed by atoms with Gasteiger partial charge in [-0.05, 0) is 63.4 Å². The van der Waals surface area contributed by atoms with Crippen molar-refractivity contribution in [2.45, 2.75) is 38.1 Å². The number of rotatable bonds is 2. The van der Waals surface area contributed by atoms with Crippen molar-refractivity contribution < 1.29 is 0 Å². The Morgan fingerprint density at radius 3 is 2.36 bits per heavy atom. The fraction of sp³-hybridized carbons (Fsp3) is 0.455. The first-order valence-corrected chi connectivity index (χ1v) is 5.50. The van der Waals surface area contributed by atoms with E-state index in [-0.39, 0.29) is 5.54 Å². The number of aryl methyl sites for hydroxylation is 1. The molecule has 0 heterocycles. The maximum atomic E-state index is 5.76. The van der Waals surface area contributed by atoms with Crippen LogP contribution in [0.4, 0.5) is 5.69 Å². The van der Waals surface area contributed by atoms with E-state index in [1.165, 1.54) is 5.56 Å². The molecule has 1 rings (SSSR count). The normalized spacial score (nSPS) is 11.7. The van der Waals surface area contributed by atoms with Crippen LogP contribution in [-0.2, 0) is 0 Å². The minimum absolute atomic E-state index is 0.114. The summed E-state index contributed by atoms with van der Waals surface area (Å²) in [7, 11) is 0. The molecule has 1 aromatic carbocycles. The molecule has 0 radical (unpaired) electrons. The van der Waals surface area contributed by atoms with Crippen molar-refractivity contribution >= 4 is 17.6 Å². The molecule has 0 fully saturated rings. The molecule has 0 bridgehead atoms. The first kappa shape index (κ1) is 11.4. The van der Waals surface area contributed by atoms with Crippen LogP contribution >= 0.6 is 11.9 Å². The van der Waals surface area contributed by atoms with Gasteiger partial charge in [-0.2, -0.15) is 0 Å². The van der Waals surface area contributed by atoms with Gasteiger partial charge >= 0.3 is 0 Å². The summed E-state index contributed by atoms with van der Waals surface area (Å²) < 4.78 is 3.35. The number of nitrogen functional groups attached to an aromatic ring is 1. The van der Waals surface area contributed by atoms with E-state index in [2.05, 4.69) is 38.5 Å². The highest BCUT2D eigenvalue weighted by molar-refractivity contribution is 7.97. The molecule has 0 saturated heterocycles. The minimum Gasteiger partial charge on any atom is -0.399 e. The lowest BCUT2D eigenvalue weighted by Gasteiger charge is -2.19. The van der Waals surface area contributed by atoms with Crippen molar-refractivity contribution in [3.05, 3.63) is 23.8 Å². The lowest BCUT2D eigenvalue weighted by molar-refractivity contribution is 0.535. The molecule has 2 nitrogen and oxygen atoms in total. The number of hydrogen-bond donors (Lipinski definition) is 2. The molecule has 0 amide bonds. The minimum atomic E-state index is 0.114. The molecule has 0 aliphatic rings. The summed E-state index contributed by atoms with van der Waals surface area (Å²) in [5.41, 5.74) is 7.89. The van der Waals surface area contributed by atoms with Crippen LogP contribution < -0.4 is 10.5 Å². The summed E-state index contributed by atoms with van der Waals surface area (Å²) in [6.07, 6.45) is 0. The highest BCUT2D eigenvalue weighted by atomic mass is 32.2. The zero-order valence-electron chi connectivity index (χ0n) is 9.22. The Bertz CT molecular complexity index is 295. The van der Waals surface area contributed by atoms with Crippen LogP contribution in [0.1, 0.15) is 26.3 Å². The zero-order chi connectivity index (χ0) is 10.8. The van der Waals surface area contributed by atoms with Gasteiger partial charge < -0.3 is 5.73 Å². The van der Waals surface area contributed by atoms with Crippen molar-refractivity contribution in [2.24, 2.45) is 0 Å². The third kappa shape index (κ3) is 4.03. The largest absolute Gasteiger partial charge is 0.399 e. The molecule has 0 spiro atoms. The molecule has 3 heteroatoms. The van der Waals surface area contributed by atoms with E-state index in [1.54, 1.807) is 11.9 Å².